The highest BCUT2D eigenvalue weighted by Crippen LogP contribution is 2.29. The van der Waals surface area contributed by atoms with Crippen molar-refractivity contribution in [1.29, 1.82) is 0 Å². The van der Waals surface area contributed by atoms with Crippen molar-refractivity contribution >= 4 is 0 Å². The summed E-state index contributed by atoms with van der Waals surface area (Å²) in [4.78, 5) is 0. The quantitative estimate of drug-likeness (QED) is 0.641. The molecule has 0 aromatic heterocycles. The Labute approximate surface area is 109 Å². The van der Waals surface area contributed by atoms with E-state index in [9.17, 15) is 0 Å². The maximum Gasteiger partial charge on any atom is 0.00441 e. The summed E-state index contributed by atoms with van der Waals surface area (Å²) in [5.74, 6) is 1.83. The van der Waals surface area contributed by atoms with Crippen LogP contribution >= 0.6 is 0 Å². The Balaban J connectivity index is 2.18. The molecule has 0 saturated heterocycles. The van der Waals surface area contributed by atoms with Crippen molar-refractivity contribution in [2.24, 2.45) is 17.6 Å². The van der Waals surface area contributed by atoms with Crippen LogP contribution in [-0.4, -0.2) is 6.04 Å². The van der Waals surface area contributed by atoms with Crippen LogP contribution in [0.1, 0.15) is 84.5 Å². The van der Waals surface area contributed by atoms with Gasteiger partial charge >= 0.3 is 0 Å². The van der Waals surface area contributed by atoms with Gasteiger partial charge in [0, 0.05) is 6.04 Å². The number of hydrogen-bond donors (Lipinski definition) is 1. The summed E-state index contributed by atoms with van der Waals surface area (Å²) in [6, 6.07) is 0.472. The van der Waals surface area contributed by atoms with E-state index < -0.39 is 0 Å². The second kappa shape index (κ2) is 8.97. The van der Waals surface area contributed by atoms with Gasteiger partial charge in [0.2, 0.25) is 0 Å². The summed E-state index contributed by atoms with van der Waals surface area (Å²) >= 11 is 0. The lowest BCUT2D eigenvalue weighted by Gasteiger charge is -2.26. The van der Waals surface area contributed by atoms with E-state index in [4.69, 9.17) is 5.73 Å². The smallest absolute Gasteiger partial charge is 0.00441 e. The van der Waals surface area contributed by atoms with Gasteiger partial charge < -0.3 is 5.73 Å². The average molecular weight is 239 g/mol. The van der Waals surface area contributed by atoms with Crippen molar-refractivity contribution in [3.63, 3.8) is 0 Å². The summed E-state index contributed by atoms with van der Waals surface area (Å²) in [6.45, 7) is 4.61. The minimum atomic E-state index is 0.472. The van der Waals surface area contributed by atoms with Crippen LogP contribution < -0.4 is 5.73 Å². The van der Waals surface area contributed by atoms with E-state index in [1.165, 1.54) is 70.6 Å². The zero-order valence-corrected chi connectivity index (χ0v) is 12.1. The lowest BCUT2D eigenvalue weighted by Crippen LogP contribution is -2.27. The van der Waals surface area contributed by atoms with E-state index in [-0.39, 0.29) is 0 Å². The molecule has 0 radical (unpaired) electrons. The van der Waals surface area contributed by atoms with Gasteiger partial charge in [-0.05, 0) is 24.7 Å². The molecule has 0 amide bonds. The third-order valence-corrected chi connectivity index (χ3v) is 4.54. The average Bonchev–Trinajstić information content (AvgIpc) is 2.35. The van der Waals surface area contributed by atoms with Crippen LogP contribution in [0.25, 0.3) is 0 Å². The van der Waals surface area contributed by atoms with E-state index >= 15 is 0 Å². The molecule has 1 heteroatoms. The largest absolute Gasteiger partial charge is 0.328 e. The summed E-state index contributed by atoms with van der Waals surface area (Å²) in [5.41, 5.74) is 6.35. The highest BCUT2D eigenvalue weighted by Gasteiger charge is 2.18. The van der Waals surface area contributed by atoms with Gasteiger partial charge in [0.15, 0.2) is 0 Å². The van der Waals surface area contributed by atoms with E-state index in [0.717, 1.165) is 11.8 Å². The minimum absolute atomic E-state index is 0.472. The van der Waals surface area contributed by atoms with Gasteiger partial charge in [0.1, 0.15) is 0 Å². The van der Waals surface area contributed by atoms with Gasteiger partial charge in [-0.25, -0.2) is 0 Å². The van der Waals surface area contributed by atoms with Gasteiger partial charge in [-0.15, -0.1) is 0 Å². The third kappa shape index (κ3) is 6.45. The zero-order chi connectivity index (χ0) is 12.5. The molecule has 0 spiro atoms. The van der Waals surface area contributed by atoms with Crippen molar-refractivity contribution in [3.8, 4) is 0 Å². The number of rotatable bonds is 8. The third-order valence-electron chi connectivity index (χ3n) is 4.54. The molecule has 0 aromatic carbocycles. The number of hydrogen-bond acceptors (Lipinski definition) is 1. The van der Waals surface area contributed by atoms with Gasteiger partial charge in [0.25, 0.3) is 0 Å². The predicted molar refractivity (Wildman–Crippen MR) is 77.1 cm³/mol. The molecule has 1 nitrogen and oxygen atoms in total. The van der Waals surface area contributed by atoms with Gasteiger partial charge in [-0.1, -0.05) is 71.6 Å². The van der Waals surface area contributed by atoms with Crippen LogP contribution in [0.3, 0.4) is 0 Å². The first-order valence-corrected chi connectivity index (χ1v) is 8.01. The molecule has 0 aliphatic heterocycles. The molecule has 2 unspecified atom stereocenters. The second-order valence-electron chi connectivity index (χ2n) is 6.15. The molecule has 2 atom stereocenters. The van der Waals surface area contributed by atoms with Crippen LogP contribution in [-0.2, 0) is 0 Å². The SMILES string of the molecule is CCCCC(CC)CC(N)CC1CCCCC1. The summed E-state index contributed by atoms with van der Waals surface area (Å²) in [7, 11) is 0. The van der Waals surface area contributed by atoms with E-state index in [1.54, 1.807) is 0 Å². The Hall–Kier alpha value is -0.0400. The summed E-state index contributed by atoms with van der Waals surface area (Å²) in [6.07, 6.45) is 15.2. The molecule has 0 heterocycles. The van der Waals surface area contributed by atoms with Crippen molar-refractivity contribution in [1.82, 2.24) is 0 Å². The highest BCUT2D eigenvalue weighted by atomic mass is 14.6. The molecule has 1 saturated carbocycles. The molecule has 1 aliphatic carbocycles. The first-order chi connectivity index (χ1) is 8.26. The monoisotopic (exact) mass is 239 g/mol. The first kappa shape index (κ1) is 15.0. The van der Waals surface area contributed by atoms with Crippen LogP contribution in [0.2, 0.25) is 0 Å². The Morgan fingerprint density at radius 2 is 1.82 bits per heavy atom. The first-order valence-electron chi connectivity index (χ1n) is 8.01. The molecule has 2 N–H and O–H groups in total. The maximum absolute atomic E-state index is 6.35. The predicted octanol–water partition coefficient (Wildman–Crippen LogP) is 4.89. The topological polar surface area (TPSA) is 26.0 Å². The van der Waals surface area contributed by atoms with Gasteiger partial charge in [-0.2, -0.15) is 0 Å². The summed E-state index contributed by atoms with van der Waals surface area (Å²) < 4.78 is 0. The summed E-state index contributed by atoms with van der Waals surface area (Å²) in [5, 5.41) is 0. The van der Waals surface area contributed by atoms with E-state index in [2.05, 4.69) is 13.8 Å². The van der Waals surface area contributed by atoms with Crippen LogP contribution in [0.5, 0.6) is 0 Å². The molecule has 102 valence electrons. The molecule has 1 aliphatic rings. The standard InChI is InChI=1S/C16H33N/c1-3-5-9-14(4-2)12-16(17)13-15-10-7-6-8-11-15/h14-16H,3-13,17H2,1-2H3. The maximum atomic E-state index is 6.35. The molecule has 0 bridgehead atoms. The lowest BCUT2D eigenvalue weighted by molar-refractivity contribution is 0.288. The highest BCUT2D eigenvalue weighted by molar-refractivity contribution is 4.74. The molecular formula is C16H33N. The Kier molecular flexibility index (Phi) is 7.92. The van der Waals surface area contributed by atoms with Crippen LogP contribution in [0, 0.1) is 11.8 Å². The fourth-order valence-corrected chi connectivity index (χ4v) is 3.36. The van der Waals surface area contributed by atoms with E-state index in [0.29, 0.717) is 6.04 Å². The number of unbranched alkanes of at least 4 members (excludes halogenated alkanes) is 1. The fourth-order valence-electron chi connectivity index (χ4n) is 3.36. The Morgan fingerprint density at radius 3 is 2.41 bits per heavy atom. The van der Waals surface area contributed by atoms with Gasteiger partial charge in [-0.3, -0.25) is 0 Å². The van der Waals surface area contributed by atoms with Crippen molar-refractivity contribution in [2.45, 2.75) is 90.5 Å². The Bertz CT molecular complexity index is 172. The lowest BCUT2D eigenvalue weighted by atomic mass is 9.82. The number of nitrogens with two attached hydrogens (primary N) is 1. The molecular weight excluding hydrogens is 206 g/mol. The molecule has 0 aromatic rings. The Morgan fingerprint density at radius 1 is 1.12 bits per heavy atom. The van der Waals surface area contributed by atoms with Crippen LogP contribution in [0.15, 0.2) is 0 Å². The fraction of sp³-hybridized carbons (Fsp3) is 1.00. The van der Waals surface area contributed by atoms with Gasteiger partial charge in [0.05, 0.1) is 0 Å². The van der Waals surface area contributed by atoms with Crippen molar-refractivity contribution < 1.29 is 0 Å². The van der Waals surface area contributed by atoms with Crippen molar-refractivity contribution in [2.75, 3.05) is 0 Å². The molecule has 1 fully saturated rings. The molecule has 17 heavy (non-hydrogen) atoms. The van der Waals surface area contributed by atoms with Crippen LogP contribution in [0.4, 0.5) is 0 Å². The van der Waals surface area contributed by atoms with E-state index in [1.807, 2.05) is 0 Å². The minimum Gasteiger partial charge on any atom is -0.328 e. The normalized spacial score (nSPS) is 21.4. The molecule has 1 rings (SSSR count). The van der Waals surface area contributed by atoms with Crippen molar-refractivity contribution in [3.05, 3.63) is 0 Å². The second-order valence-corrected chi connectivity index (χ2v) is 6.15. The zero-order valence-electron chi connectivity index (χ0n) is 12.1.